The van der Waals surface area contributed by atoms with E-state index < -0.39 is 6.04 Å². The van der Waals surface area contributed by atoms with Crippen molar-refractivity contribution in [3.63, 3.8) is 0 Å². The van der Waals surface area contributed by atoms with Gasteiger partial charge in [-0.1, -0.05) is 0 Å². The van der Waals surface area contributed by atoms with Crippen molar-refractivity contribution >= 4 is 34.4 Å². The number of carbonyl (C=O) groups excluding carboxylic acids is 2. The van der Waals surface area contributed by atoms with Crippen molar-refractivity contribution in [2.75, 3.05) is 26.3 Å². The first kappa shape index (κ1) is 16.0. The first-order valence-electron chi connectivity index (χ1n) is 6.69. The van der Waals surface area contributed by atoms with Crippen molar-refractivity contribution in [1.29, 1.82) is 0 Å². The van der Waals surface area contributed by atoms with E-state index in [1.165, 1.54) is 11.0 Å². The molecule has 0 saturated carbocycles. The monoisotopic (exact) mass is 404 g/mol. The minimum Gasteiger partial charge on any atom is -0.507 e. The number of rotatable bonds is 3. The van der Waals surface area contributed by atoms with E-state index in [-0.39, 0.29) is 24.2 Å². The van der Waals surface area contributed by atoms with Crippen molar-refractivity contribution < 1.29 is 19.4 Å². The Morgan fingerprint density at radius 2 is 2.29 bits per heavy atom. The SMILES string of the molecule is CCNC(=O)C1COCCN1C(=O)c1ccc(I)c(O)c1. The maximum absolute atomic E-state index is 12.6. The Bertz CT molecular complexity index is 550. The van der Waals surface area contributed by atoms with Crippen LogP contribution in [0.3, 0.4) is 0 Å². The van der Waals surface area contributed by atoms with Gasteiger partial charge in [0.1, 0.15) is 11.8 Å². The Balaban J connectivity index is 2.21. The maximum atomic E-state index is 12.6. The van der Waals surface area contributed by atoms with Gasteiger partial charge in [0.05, 0.1) is 16.8 Å². The van der Waals surface area contributed by atoms with Crippen LogP contribution in [0.15, 0.2) is 18.2 Å². The molecule has 1 aromatic rings. The quantitative estimate of drug-likeness (QED) is 0.737. The second-order valence-electron chi connectivity index (χ2n) is 4.65. The molecule has 0 aliphatic carbocycles. The maximum Gasteiger partial charge on any atom is 0.254 e. The normalized spacial score (nSPS) is 18.4. The highest BCUT2D eigenvalue weighted by Gasteiger charge is 2.33. The zero-order valence-corrected chi connectivity index (χ0v) is 13.8. The second kappa shape index (κ2) is 7.08. The Labute approximate surface area is 136 Å². The lowest BCUT2D eigenvalue weighted by molar-refractivity contribution is -0.130. The van der Waals surface area contributed by atoms with Crippen LogP contribution in [0.25, 0.3) is 0 Å². The fraction of sp³-hybridized carbons (Fsp3) is 0.429. The minimum atomic E-state index is -0.632. The van der Waals surface area contributed by atoms with Crippen molar-refractivity contribution in [2.45, 2.75) is 13.0 Å². The number of aromatic hydroxyl groups is 1. The number of nitrogens with zero attached hydrogens (tertiary/aromatic N) is 1. The van der Waals surface area contributed by atoms with Gasteiger partial charge in [0.25, 0.3) is 5.91 Å². The van der Waals surface area contributed by atoms with E-state index in [0.717, 1.165) is 0 Å². The van der Waals surface area contributed by atoms with E-state index in [2.05, 4.69) is 5.32 Å². The fourth-order valence-corrected chi connectivity index (χ4v) is 2.50. The van der Waals surface area contributed by atoms with Gasteiger partial charge in [0.2, 0.25) is 5.91 Å². The van der Waals surface area contributed by atoms with Crippen LogP contribution in [0.4, 0.5) is 0 Å². The Morgan fingerprint density at radius 3 is 2.95 bits per heavy atom. The van der Waals surface area contributed by atoms with Gasteiger partial charge >= 0.3 is 0 Å². The number of halogens is 1. The lowest BCUT2D eigenvalue weighted by atomic mass is 10.1. The smallest absolute Gasteiger partial charge is 0.254 e. The Kier molecular flexibility index (Phi) is 5.40. The number of phenolic OH excluding ortho intramolecular Hbond substituents is 1. The van der Waals surface area contributed by atoms with Crippen LogP contribution in [0.1, 0.15) is 17.3 Å². The summed E-state index contributed by atoms with van der Waals surface area (Å²) in [5.74, 6) is -0.439. The molecule has 0 spiro atoms. The van der Waals surface area contributed by atoms with E-state index >= 15 is 0 Å². The van der Waals surface area contributed by atoms with Crippen molar-refractivity contribution in [3.05, 3.63) is 27.3 Å². The van der Waals surface area contributed by atoms with Gasteiger partial charge in [-0.05, 0) is 47.7 Å². The van der Waals surface area contributed by atoms with Crippen molar-refractivity contribution in [2.24, 2.45) is 0 Å². The molecule has 21 heavy (non-hydrogen) atoms. The average Bonchev–Trinajstić information content (AvgIpc) is 2.49. The van der Waals surface area contributed by atoms with E-state index in [9.17, 15) is 14.7 Å². The van der Waals surface area contributed by atoms with Gasteiger partial charge < -0.3 is 20.1 Å². The molecule has 1 aromatic carbocycles. The van der Waals surface area contributed by atoms with Crippen LogP contribution in [0, 0.1) is 3.57 Å². The second-order valence-corrected chi connectivity index (χ2v) is 5.81. The summed E-state index contributed by atoms with van der Waals surface area (Å²) in [6.45, 7) is 3.27. The third kappa shape index (κ3) is 3.65. The highest BCUT2D eigenvalue weighted by atomic mass is 127. The summed E-state index contributed by atoms with van der Waals surface area (Å²) < 4.78 is 5.98. The van der Waals surface area contributed by atoms with E-state index in [0.29, 0.717) is 28.8 Å². The predicted molar refractivity (Wildman–Crippen MR) is 85.2 cm³/mol. The molecular formula is C14H17IN2O4. The predicted octanol–water partition coefficient (Wildman–Crippen LogP) is 0.974. The minimum absolute atomic E-state index is 0.0595. The van der Waals surface area contributed by atoms with Gasteiger partial charge in [0, 0.05) is 18.7 Å². The van der Waals surface area contributed by atoms with E-state index in [1.54, 1.807) is 12.1 Å². The molecule has 1 atom stereocenters. The van der Waals surface area contributed by atoms with Crippen molar-refractivity contribution in [3.8, 4) is 5.75 Å². The van der Waals surface area contributed by atoms with Crippen LogP contribution in [0.5, 0.6) is 5.75 Å². The third-order valence-electron chi connectivity index (χ3n) is 3.24. The number of nitrogens with one attached hydrogen (secondary N) is 1. The van der Waals surface area contributed by atoms with Gasteiger partial charge in [-0.3, -0.25) is 9.59 Å². The Morgan fingerprint density at radius 1 is 1.52 bits per heavy atom. The average molecular weight is 404 g/mol. The molecule has 7 heteroatoms. The van der Waals surface area contributed by atoms with Crippen LogP contribution in [0.2, 0.25) is 0 Å². The summed E-state index contributed by atoms with van der Waals surface area (Å²) in [6, 6.07) is 4.11. The number of ether oxygens (including phenoxy) is 1. The van der Waals surface area contributed by atoms with Gasteiger partial charge in [-0.2, -0.15) is 0 Å². The molecule has 1 aliphatic heterocycles. The zero-order chi connectivity index (χ0) is 15.4. The summed E-state index contributed by atoms with van der Waals surface area (Å²) in [6.07, 6.45) is 0. The van der Waals surface area contributed by atoms with Gasteiger partial charge in [0.15, 0.2) is 0 Å². The lowest BCUT2D eigenvalue weighted by Gasteiger charge is -2.34. The van der Waals surface area contributed by atoms with E-state index in [4.69, 9.17) is 4.74 Å². The molecule has 1 heterocycles. The largest absolute Gasteiger partial charge is 0.507 e. The molecule has 0 bridgehead atoms. The summed E-state index contributed by atoms with van der Waals surface area (Å²) >= 11 is 1.99. The molecule has 6 nitrogen and oxygen atoms in total. The fourth-order valence-electron chi connectivity index (χ4n) is 2.17. The molecular weight excluding hydrogens is 387 g/mol. The number of hydrogen-bond donors (Lipinski definition) is 2. The molecule has 1 aliphatic rings. The highest BCUT2D eigenvalue weighted by molar-refractivity contribution is 14.1. The van der Waals surface area contributed by atoms with Crippen LogP contribution in [-0.2, 0) is 9.53 Å². The Hall–Kier alpha value is -1.35. The summed E-state index contributed by atoms with van der Waals surface area (Å²) in [5.41, 5.74) is 0.365. The number of likely N-dealkylation sites (N-methyl/N-ethyl adjacent to an activating group) is 1. The molecule has 1 fully saturated rings. The summed E-state index contributed by atoms with van der Waals surface area (Å²) in [5, 5.41) is 12.4. The summed E-state index contributed by atoms with van der Waals surface area (Å²) in [7, 11) is 0. The van der Waals surface area contributed by atoms with Gasteiger partial charge in [-0.15, -0.1) is 0 Å². The number of benzene rings is 1. The number of carbonyl (C=O) groups is 2. The van der Waals surface area contributed by atoms with Gasteiger partial charge in [-0.25, -0.2) is 0 Å². The standard InChI is InChI=1S/C14H17IN2O4/c1-2-16-13(19)11-8-21-6-5-17(11)14(20)9-3-4-10(15)12(18)7-9/h3-4,7,11,18H,2,5-6,8H2,1H3,(H,16,19). The number of hydrogen-bond acceptors (Lipinski definition) is 4. The van der Waals surface area contributed by atoms with Crippen molar-refractivity contribution in [1.82, 2.24) is 10.2 Å². The first-order valence-corrected chi connectivity index (χ1v) is 7.77. The highest BCUT2D eigenvalue weighted by Crippen LogP contribution is 2.22. The van der Waals surface area contributed by atoms with Crippen LogP contribution >= 0.6 is 22.6 Å². The summed E-state index contributed by atoms with van der Waals surface area (Å²) in [4.78, 5) is 26.1. The molecule has 0 radical (unpaired) electrons. The van der Waals surface area contributed by atoms with E-state index in [1.807, 2.05) is 29.5 Å². The molecule has 0 aromatic heterocycles. The number of morpholine rings is 1. The zero-order valence-electron chi connectivity index (χ0n) is 11.6. The molecule has 114 valence electrons. The molecule has 2 rings (SSSR count). The number of phenols is 1. The van der Waals surface area contributed by atoms with Crippen LogP contribution < -0.4 is 5.32 Å². The first-order chi connectivity index (χ1) is 10.0. The topological polar surface area (TPSA) is 78.9 Å². The molecule has 1 unspecified atom stereocenters. The molecule has 1 saturated heterocycles. The third-order valence-corrected chi connectivity index (χ3v) is 4.15. The lowest BCUT2D eigenvalue weighted by Crippen LogP contribution is -2.55. The number of amides is 2. The molecule has 2 amide bonds. The van der Waals surface area contributed by atoms with Crippen LogP contribution in [-0.4, -0.2) is 54.2 Å². The molecule has 2 N–H and O–H groups in total.